The van der Waals surface area contributed by atoms with Gasteiger partial charge in [-0.2, -0.15) is 0 Å². The van der Waals surface area contributed by atoms with E-state index in [1.54, 1.807) is 18.1 Å². The number of aliphatic hydroxyl groups excluding tert-OH is 1. The Morgan fingerprint density at radius 3 is 2.60 bits per heavy atom. The smallest absolute Gasteiger partial charge is 0.274 e. The number of anilines is 1. The summed E-state index contributed by atoms with van der Waals surface area (Å²) < 4.78 is 18.8. The first kappa shape index (κ1) is 26.8. The molecular formula is C33H34FN5O3. The van der Waals surface area contributed by atoms with Gasteiger partial charge in [0.15, 0.2) is 0 Å². The van der Waals surface area contributed by atoms with Gasteiger partial charge in [-0.15, -0.1) is 0 Å². The van der Waals surface area contributed by atoms with Crippen molar-refractivity contribution >= 4 is 11.6 Å². The lowest BCUT2D eigenvalue weighted by molar-refractivity contribution is 0.0964. The number of aromatic nitrogens is 3. The average Bonchev–Trinajstić information content (AvgIpc) is 3.55. The molecule has 2 aromatic carbocycles. The van der Waals surface area contributed by atoms with Crippen LogP contribution in [0.4, 0.5) is 10.1 Å². The molecule has 1 aliphatic carbocycles. The number of hydrogen-bond acceptors (Lipinski definition) is 5. The molecule has 9 heteroatoms. The fourth-order valence-corrected chi connectivity index (χ4v) is 6.96. The van der Waals surface area contributed by atoms with Gasteiger partial charge < -0.3 is 19.1 Å². The number of amides is 1. The van der Waals surface area contributed by atoms with Crippen LogP contribution >= 0.6 is 0 Å². The Morgan fingerprint density at radius 1 is 0.952 bits per heavy atom. The monoisotopic (exact) mass is 567 g/mol. The number of carbonyl (C=O) groups excluding carboxylic acids is 1. The highest BCUT2D eigenvalue weighted by molar-refractivity contribution is 6.07. The largest absolute Gasteiger partial charge is 0.392 e. The van der Waals surface area contributed by atoms with Gasteiger partial charge in [0.05, 0.1) is 18.0 Å². The maximum absolute atomic E-state index is 15.3. The maximum atomic E-state index is 15.3. The zero-order valence-corrected chi connectivity index (χ0v) is 24.0. The molecule has 2 aliphatic heterocycles. The molecule has 216 valence electrons. The summed E-state index contributed by atoms with van der Waals surface area (Å²) in [5.41, 5.74) is 8.21. The Balaban J connectivity index is 1.27. The second-order valence-corrected chi connectivity index (χ2v) is 11.9. The summed E-state index contributed by atoms with van der Waals surface area (Å²) in [5, 5.41) is 10.6. The van der Waals surface area contributed by atoms with E-state index in [-0.39, 0.29) is 11.5 Å². The molecule has 0 fully saturated rings. The number of hydrogen-bond donors (Lipinski definition) is 1. The number of rotatable bonds is 5. The zero-order valence-electron chi connectivity index (χ0n) is 24.0. The van der Waals surface area contributed by atoms with Crippen LogP contribution in [0.15, 0.2) is 47.4 Å². The highest BCUT2D eigenvalue weighted by atomic mass is 19.1. The molecule has 8 nitrogen and oxygen atoms in total. The predicted molar refractivity (Wildman–Crippen MR) is 158 cm³/mol. The van der Waals surface area contributed by atoms with Crippen LogP contribution in [0, 0.1) is 5.82 Å². The fraction of sp³-hybridized carbons (Fsp3) is 0.364. The van der Waals surface area contributed by atoms with E-state index in [1.807, 2.05) is 12.1 Å². The molecule has 0 unspecified atom stereocenters. The van der Waals surface area contributed by atoms with Crippen molar-refractivity contribution in [2.75, 3.05) is 18.5 Å². The summed E-state index contributed by atoms with van der Waals surface area (Å²) in [4.78, 5) is 35.4. The third-order valence-electron chi connectivity index (χ3n) is 9.00. The lowest BCUT2D eigenvalue weighted by Gasteiger charge is -2.31. The van der Waals surface area contributed by atoms with Crippen LogP contribution in [0.2, 0.25) is 0 Å². The van der Waals surface area contributed by atoms with Crippen molar-refractivity contribution in [2.24, 2.45) is 7.05 Å². The van der Waals surface area contributed by atoms with E-state index in [0.29, 0.717) is 53.4 Å². The van der Waals surface area contributed by atoms with Crippen LogP contribution in [0.5, 0.6) is 0 Å². The minimum absolute atomic E-state index is 0.196. The van der Waals surface area contributed by atoms with Crippen molar-refractivity contribution in [3.05, 3.63) is 104 Å². The van der Waals surface area contributed by atoms with Crippen molar-refractivity contribution in [2.45, 2.75) is 58.3 Å². The molecule has 42 heavy (non-hydrogen) atoms. The molecule has 3 aliphatic rings. The maximum Gasteiger partial charge on any atom is 0.274 e. The molecule has 7 rings (SSSR count). The van der Waals surface area contributed by atoms with E-state index in [2.05, 4.69) is 28.6 Å². The Bertz CT molecular complexity index is 1810. The highest BCUT2D eigenvalue weighted by Crippen LogP contribution is 2.36. The molecular weight excluding hydrogens is 533 g/mol. The van der Waals surface area contributed by atoms with E-state index in [9.17, 15) is 14.7 Å². The van der Waals surface area contributed by atoms with Crippen molar-refractivity contribution in [3.8, 4) is 11.3 Å². The summed E-state index contributed by atoms with van der Waals surface area (Å²) in [5.74, 6) is -0.733. The van der Waals surface area contributed by atoms with Crippen molar-refractivity contribution < 1.29 is 14.3 Å². The minimum Gasteiger partial charge on any atom is -0.392 e. The molecule has 0 bridgehead atoms. The van der Waals surface area contributed by atoms with Gasteiger partial charge in [-0.1, -0.05) is 18.2 Å². The lowest BCUT2D eigenvalue weighted by atomic mass is 9.98. The normalized spacial score (nSPS) is 16.5. The molecule has 1 N–H and O–H groups in total. The van der Waals surface area contributed by atoms with Crippen LogP contribution in [-0.2, 0) is 52.6 Å². The van der Waals surface area contributed by atoms with Gasteiger partial charge in [-0.05, 0) is 73.2 Å². The molecule has 1 amide bonds. The van der Waals surface area contributed by atoms with Crippen LogP contribution in [0.3, 0.4) is 0 Å². The standard InChI is InChI=1S/C33H34FN5O3/c1-36-16-22-8-7-20(11-23(22)17-36)12-27-32(41)37(2)18-28(35-27)25-14-24(34)15-30(26(25)19-40)39-10-9-38-29-6-4-3-5-21(29)13-31(38)33(39)42/h7-8,11,13-15,18,40H,3-6,9-10,12,16-17,19H2,1-2H3. The van der Waals surface area contributed by atoms with Gasteiger partial charge in [-0.3, -0.25) is 14.5 Å². The van der Waals surface area contributed by atoms with E-state index in [0.717, 1.165) is 44.3 Å². The minimum atomic E-state index is -0.537. The summed E-state index contributed by atoms with van der Waals surface area (Å²) in [6, 6.07) is 10.9. The summed E-state index contributed by atoms with van der Waals surface area (Å²) >= 11 is 0. The van der Waals surface area contributed by atoms with Crippen molar-refractivity contribution in [1.29, 1.82) is 0 Å². The van der Waals surface area contributed by atoms with Gasteiger partial charge in [0, 0.05) is 62.7 Å². The predicted octanol–water partition coefficient (Wildman–Crippen LogP) is 3.96. The van der Waals surface area contributed by atoms with E-state index in [1.165, 1.54) is 39.1 Å². The van der Waals surface area contributed by atoms with Gasteiger partial charge in [0.25, 0.3) is 11.5 Å². The molecule has 2 aromatic heterocycles. The zero-order chi connectivity index (χ0) is 29.1. The Labute approximate surface area is 243 Å². The van der Waals surface area contributed by atoms with Gasteiger partial charge in [-0.25, -0.2) is 9.37 Å². The van der Waals surface area contributed by atoms with Gasteiger partial charge in [0.2, 0.25) is 0 Å². The summed E-state index contributed by atoms with van der Waals surface area (Å²) in [6.45, 7) is 2.35. The summed E-state index contributed by atoms with van der Waals surface area (Å²) in [7, 11) is 3.73. The Kier molecular flexibility index (Phi) is 6.59. The number of benzene rings is 2. The van der Waals surface area contributed by atoms with Crippen LogP contribution in [0.25, 0.3) is 11.3 Å². The van der Waals surface area contributed by atoms with E-state index < -0.39 is 12.4 Å². The quantitative estimate of drug-likeness (QED) is 0.395. The number of aliphatic hydroxyl groups is 1. The Hall–Kier alpha value is -4.08. The molecule has 0 saturated heterocycles. The van der Waals surface area contributed by atoms with Gasteiger partial charge >= 0.3 is 0 Å². The Morgan fingerprint density at radius 2 is 1.76 bits per heavy atom. The first-order valence-corrected chi connectivity index (χ1v) is 14.6. The average molecular weight is 568 g/mol. The number of carbonyl (C=O) groups is 1. The SMILES string of the molecule is CN1Cc2ccc(Cc3nc(-c4cc(F)cc(N5CCn6c(cc7c6CCCC7)C5=O)c4CO)cn(C)c3=O)cc2C1. The molecule has 0 atom stereocenters. The third-order valence-corrected chi connectivity index (χ3v) is 9.00. The number of fused-ring (bicyclic) bond motifs is 4. The molecule has 4 aromatic rings. The second-order valence-electron chi connectivity index (χ2n) is 11.9. The lowest BCUT2D eigenvalue weighted by Crippen LogP contribution is -2.41. The molecule has 0 spiro atoms. The first-order valence-electron chi connectivity index (χ1n) is 14.6. The second kappa shape index (κ2) is 10.3. The highest BCUT2D eigenvalue weighted by Gasteiger charge is 2.32. The molecule has 0 radical (unpaired) electrons. The van der Waals surface area contributed by atoms with E-state index >= 15 is 4.39 Å². The first-order chi connectivity index (χ1) is 20.3. The van der Waals surface area contributed by atoms with Crippen molar-refractivity contribution in [1.82, 2.24) is 19.0 Å². The number of nitrogens with zero attached hydrogens (tertiary/aromatic N) is 5. The summed E-state index contributed by atoms with van der Waals surface area (Å²) in [6.07, 6.45) is 6.08. The number of halogens is 1. The number of aryl methyl sites for hydroxylation is 2. The van der Waals surface area contributed by atoms with E-state index in [4.69, 9.17) is 4.98 Å². The van der Waals surface area contributed by atoms with Crippen LogP contribution in [0.1, 0.15) is 62.5 Å². The topological polar surface area (TPSA) is 83.6 Å². The van der Waals surface area contributed by atoms with Crippen LogP contribution < -0.4 is 10.5 Å². The molecule has 0 saturated carbocycles. The fourth-order valence-electron chi connectivity index (χ4n) is 6.96. The third kappa shape index (κ3) is 4.48. The van der Waals surface area contributed by atoms with Gasteiger partial charge in [0.1, 0.15) is 17.2 Å². The van der Waals surface area contributed by atoms with Crippen LogP contribution in [-0.4, -0.2) is 43.6 Å². The molecule has 4 heterocycles. The van der Waals surface area contributed by atoms with Crippen molar-refractivity contribution in [3.63, 3.8) is 0 Å².